The van der Waals surface area contributed by atoms with Crippen LogP contribution in [0.1, 0.15) is 32.1 Å². The van der Waals surface area contributed by atoms with Crippen LogP contribution in [0.3, 0.4) is 0 Å². The lowest BCUT2D eigenvalue weighted by Gasteiger charge is -2.60. The van der Waals surface area contributed by atoms with Crippen LogP contribution in [0.15, 0.2) is 0 Å². The topological polar surface area (TPSA) is 84.7 Å². The first-order chi connectivity index (χ1) is 9.05. The van der Waals surface area contributed by atoms with Crippen molar-refractivity contribution in [2.75, 3.05) is 26.3 Å². The third-order valence-corrected chi connectivity index (χ3v) is 6.65. The van der Waals surface area contributed by atoms with Crippen molar-refractivity contribution < 1.29 is 13.2 Å². The Balaban J connectivity index is 1.65. The molecule has 2 unspecified atom stereocenters. The quantitative estimate of drug-likeness (QED) is 0.754. The molecule has 3 N–H and O–H groups in total. The van der Waals surface area contributed by atoms with Crippen molar-refractivity contribution in [1.29, 1.82) is 0 Å². The summed E-state index contributed by atoms with van der Waals surface area (Å²) < 4.78 is 34.5. The van der Waals surface area contributed by atoms with Gasteiger partial charge in [0.1, 0.15) is 0 Å². The molecule has 3 rings (SSSR count). The smallest absolute Gasteiger partial charge is 0.279 e. The lowest BCUT2D eigenvalue weighted by molar-refractivity contribution is -0.0328. The van der Waals surface area contributed by atoms with Gasteiger partial charge in [0, 0.05) is 37.2 Å². The van der Waals surface area contributed by atoms with Gasteiger partial charge >= 0.3 is 0 Å². The summed E-state index contributed by atoms with van der Waals surface area (Å²) in [6, 6.07) is 0.201. The molecule has 1 saturated heterocycles. The van der Waals surface area contributed by atoms with Gasteiger partial charge in [-0.05, 0) is 25.7 Å². The van der Waals surface area contributed by atoms with Crippen LogP contribution in [0, 0.1) is 5.41 Å². The fraction of sp³-hybridized carbons (Fsp3) is 1.00. The molecule has 19 heavy (non-hydrogen) atoms. The maximum Gasteiger partial charge on any atom is 0.279 e. The largest absolute Gasteiger partial charge is 0.380 e. The average Bonchev–Trinajstić information content (AvgIpc) is 2.54. The van der Waals surface area contributed by atoms with E-state index in [4.69, 9.17) is 10.5 Å². The molecule has 0 bridgehead atoms. The van der Waals surface area contributed by atoms with Crippen molar-refractivity contribution in [1.82, 2.24) is 9.03 Å². The number of hydrogen-bond acceptors (Lipinski definition) is 4. The van der Waals surface area contributed by atoms with E-state index >= 15 is 0 Å². The number of nitrogens with one attached hydrogen (secondary N) is 1. The third kappa shape index (κ3) is 2.31. The van der Waals surface area contributed by atoms with Crippen molar-refractivity contribution >= 4 is 10.2 Å². The monoisotopic (exact) mass is 289 g/mol. The zero-order valence-electron chi connectivity index (χ0n) is 11.2. The van der Waals surface area contributed by atoms with Gasteiger partial charge in [0.25, 0.3) is 10.2 Å². The van der Waals surface area contributed by atoms with Crippen molar-refractivity contribution in [2.24, 2.45) is 11.1 Å². The summed E-state index contributed by atoms with van der Waals surface area (Å²) in [4.78, 5) is 0. The van der Waals surface area contributed by atoms with E-state index in [0.29, 0.717) is 26.3 Å². The predicted molar refractivity (Wildman–Crippen MR) is 71.7 cm³/mol. The Morgan fingerprint density at radius 3 is 2.63 bits per heavy atom. The number of rotatable bonds is 3. The zero-order valence-corrected chi connectivity index (χ0v) is 12.0. The Labute approximate surface area is 114 Å². The minimum atomic E-state index is -3.39. The Morgan fingerprint density at radius 1 is 1.21 bits per heavy atom. The molecule has 0 amide bonds. The lowest BCUT2D eigenvalue weighted by Crippen LogP contribution is -2.70. The van der Waals surface area contributed by atoms with Crippen LogP contribution in [0.2, 0.25) is 0 Å². The van der Waals surface area contributed by atoms with Crippen LogP contribution in [0.25, 0.3) is 0 Å². The number of hydrogen-bond donors (Lipinski definition) is 2. The summed E-state index contributed by atoms with van der Waals surface area (Å²) in [5.41, 5.74) is 6.11. The predicted octanol–water partition coefficient (Wildman–Crippen LogP) is -0.187. The van der Waals surface area contributed by atoms with Crippen LogP contribution in [0.4, 0.5) is 0 Å². The first kappa shape index (κ1) is 13.8. The third-order valence-electron chi connectivity index (χ3n) is 5.02. The average molecular weight is 289 g/mol. The molecular weight excluding hydrogens is 266 g/mol. The summed E-state index contributed by atoms with van der Waals surface area (Å²) >= 11 is 0. The second-order valence-corrected chi connectivity index (χ2v) is 7.67. The van der Waals surface area contributed by atoms with Crippen LogP contribution < -0.4 is 10.5 Å². The van der Waals surface area contributed by atoms with Gasteiger partial charge in [0.2, 0.25) is 0 Å². The maximum absolute atomic E-state index is 12.4. The standard InChI is InChI=1S/C12H23N3O3S/c13-10-9-11(12(10)3-1-4-12)14-19(16,17)15-5-2-7-18-8-6-15/h10-11,14H,1-9,13H2. The van der Waals surface area contributed by atoms with E-state index in [-0.39, 0.29) is 17.5 Å². The van der Waals surface area contributed by atoms with E-state index < -0.39 is 10.2 Å². The molecule has 6 nitrogen and oxygen atoms in total. The molecule has 0 aromatic heterocycles. The molecule has 3 aliphatic rings. The van der Waals surface area contributed by atoms with Crippen LogP contribution in [-0.2, 0) is 14.9 Å². The van der Waals surface area contributed by atoms with Crippen molar-refractivity contribution in [2.45, 2.75) is 44.2 Å². The first-order valence-electron chi connectivity index (χ1n) is 7.15. The summed E-state index contributed by atoms with van der Waals surface area (Å²) in [7, 11) is -3.39. The summed E-state index contributed by atoms with van der Waals surface area (Å²) in [5, 5.41) is 0. The highest BCUT2D eigenvalue weighted by Crippen LogP contribution is 2.55. The van der Waals surface area contributed by atoms with Crippen molar-refractivity contribution in [3.05, 3.63) is 0 Å². The van der Waals surface area contributed by atoms with E-state index in [0.717, 1.165) is 25.7 Å². The van der Waals surface area contributed by atoms with Gasteiger partial charge in [-0.15, -0.1) is 0 Å². The highest BCUT2D eigenvalue weighted by molar-refractivity contribution is 7.87. The molecule has 1 spiro atoms. The molecule has 2 aliphatic carbocycles. The minimum Gasteiger partial charge on any atom is -0.380 e. The first-order valence-corrected chi connectivity index (χ1v) is 8.59. The minimum absolute atomic E-state index is 0.0328. The Kier molecular flexibility index (Phi) is 3.59. The normalized spacial score (nSPS) is 35.4. The maximum atomic E-state index is 12.4. The summed E-state index contributed by atoms with van der Waals surface area (Å²) in [5.74, 6) is 0. The fourth-order valence-corrected chi connectivity index (χ4v) is 5.03. The fourth-order valence-electron chi connectivity index (χ4n) is 3.51. The molecule has 110 valence electrons. The van der Waals surface area contributed by atoms with E-state index in [1.807, 2.05) is 0 Å². The van der Waals surface area contributed by atoms with Gasteiger partial charge in [-0.25, -0.2) is 0 Å². The van der Waals surface area contributed by atoms with Gasteiger partial charge < -0.3 is 10.5 Å². The summed E-state index contributed by atoms with van der Waals surface area (Å²) in [6.45, 7) is 2.11. The lowest BCUT2D eigenvalue weighted by atomic mass is 9.50. The van der Waals surface area contributed by atoms with Crippen molar-refractivity contribution in [3.63, 3.8) is 0 Å². The van der Waals surface area contributed by atoms with E-state index in [9.17, 15) is 8.42 Å². The van der Waals surface area contributed by atoms with Crippen LogP contribution in [0.5, 0.6) is 0 Å². The Hall–Kier alpha value is -0.210. The number of nitrogens with zero attached hydrogens (tertiary/aromatic N) is 1. The van der Waals surface area contributed by atoms with Gasteiger partial charge in [-0.3, -0.25) is 0 Å². The molecule has 0 aromatic carbocycles. The van der Waals surface area contributed by atoms with Gasteiger partial charge in [-0.1, -0.05) is 6.42 Å². The van der Waals surface area contributed by atoms with Gasteiger partial charge in [0.05, 0.1) is 6.61 Å². The molecule has 3 fully saturated rings. The molecular formula is C12H23N3O3S. The molecule has 0 aromatic rings. The van der Waals surface area contributed by atoms with E-state index in [2.05, 4.69) is 4.72 Å². The molecule has 1 heterocycles. The molecule has 2 saturated carbocycles. The number of nitrogens with two attached hydrogens (primary N) is 1. The van der Waals surface area contributed by atoms with Crippen LogP contribution >= 0.6 is 0 Å². The number of ether oxygens (including phenoxy) is 1. The molecule has 1 aliphatic heterocycles. The van der Waals surface area contributed by atoms with E-state index in [1.54, 1.807) is 0 Å². The molecule has 0 radical (unpaired) electrons. The molecule has 7 heteroatoms. The van der Waals surface area contributed by atoms with Crippen LogP contribution in [-0.4, -0.2) is 51.1 Å². The Bertz CT molecular complexity index is 428. The highest BCUT2D eigenvalue weighted by atomic mass is 32.2. The summed E-state index contributed by atoms with van der Waals surface area (Å²) in [6.07, 6.45) is 4.82. The zero-order chi connectivity index (χ0) is 13.5. The van der Waals surface area contributed by atoms with Gasteiger partial charge in [0.15, 0.2) is 0 Å². The van der Waals surface area contributed by atoms with E-state index in [1.165, 1.54) is 10.7 Å². The second kappa shape index (κ2) is 4.96. The Morgan fingerprint density at radius 2 is 2.00 bits per heavy atom. The van der Waals surface area contributed by atoms with Crippen molar-refractivity contribution in [3.8, 4) is 0 Å². The second-order valence-electron chi connectivity index (χ2n) is 5.97. The SMILES string of the molecule is NC1CC(NS(=O)(=O)N2CCCOCC2)C12CCC2. The van der Waals surface area contributed by atoms with Gasteiger partial charge in [-0.2, -0.15) is 17.4 Å². The molecule has 2 atom stereocenters. The highest BCUT2D eigenvalue weighted by Gasteiger charge is 2.57.